The summed E-state index contributed by atoms with van der Waals surface area (Å²) in [7, 11) is 0. The van der Waals surface area contributed by atoms with Crippen LogP contribution in [0.2, 0.25) is 0 Å². The third-order valence-corrected chi connectivity index (χ3v) is 1.19. The van der Waals surface area contributed by atoms with E-state index < -0.39 is 0 Å². The molecule has 0 aliphatic carbocycles. The average molecular weight is 118 g/mol. The summed E-state index contributed by atoms with van der Waals surface area (Å²) >= 11 is 0. The van der Waals surface area contributed by atoms with Crippen LogP contribution >= 0.6 is 0 Å². The third-order valence-electron chi connectivity index (χ3n) is 1.19. The lowest BCUT2D eigenvalue weighted by Gasteiger charge is -1.78. The summed E-state index contributed by atoms with van der Waals surface area (Å²) in [6.45, 7) is 0. The minimum absolute atomic E-state index is 0.859. The molecule has 0 saturated heterocycles. The van der Waals surface area contributed by atoms with Crippen LogP contribution in [0.4, 0.5) is 0 Å². The molecule has 0 spiro atoms. The van der Waals surface area contributed by atoms with Crippen molar-refractivity contribution < 1.29 is 4.42 Å². The monoisotopic (exact) mass is 118 g/mol. The summed E-state index contributed by atoms with van der Waals surface area (Å²) in [6, 6.07) is 3.67. The van der Waals surface area contributed by atoms with E-state index in [1.807, 2.05) is 6.07 Å². The number of pyridine rings is 1. The zero-order valence-electron chi connectivity index (χ0n) is 4.66. The van der Waals surface area contributed by atoms with E-state index in [2.05, 4.69) is 11.2 Å². The highest BCUT2D eigenvalue weighted by Crippen LogP contribution is 2.09. The Morgan fingerprint density at radius 3 is 3.33 bits per heavy atom. The van der Waals surface area contributed by atoms with Crippen molar-refractivity contribution in [2.75, 3.05) is 0 Å². The molecule has 0 aliphatic rings. The summed E-state index contributed by atoms with van der Waals surface area (Å²) in [5, 5.41) is 1.02. The molecule has 9 heavy (non-hydrogen) atoms. The first-order valence-corrected chi connectivity index (χ1v) is 2.66. The topological polar surface area (TPSA) is 26.0 Å². The lowest BCUT2D eigenvalue weighted by Crippen LogP contribution is -1.67. The van der Waals surface area contributed by atoms with Crippen molar-refractivity contribution in [3.63, 3.8) is 0 Å². The molecule has 0 atom stereocenters. The zero-order chi connectivity index (χ0) is 6.10. The van der Waals surface area contributed by atoms with E-state index in [0.29, 0.717) is 0 Å². The molecule has 1 radical (unpaired) electrons. The van der Waals surface area contributed by atoms with E-state index >= 15 is 0 Å². The Hall–Kier alpha value is -1.31. The maximum absolute atomic E-state index is 4.88. The minimum atomic E-state index is 0.859. The van der Waals surface area contributed by atoms with E-state index in [1.165, 1.54) is 0 Å². The van der Waals surface area contributed by atoms with Crippen molar-refractivity contribution in [1.29, 1.82) is 0 Å². The summed E-state index contributed by atoms with van der Waals surface area (Å²) in [5.74, 6) is 0. The third kappa shape index (κ3) is 0.598. The molecule has 0 amide bonds. The fourth-order valence-electron chi connectivity index (χ4n) is 0.750. The lowest BCUT2D eigenvalue weighted by atomic mass is 10.3. The maximum Gasteiger partial charge on any atom is 0.117 e. The summed E-state index contributed by atoms with van der Waals surface area (Å²) in [6.07, 6.45) is 5.98. The van der Waals surface area contributed by atoms with Crippen molar-refractivity contribution in [2.24, 2.45) is 0 Å². The quantitative estimate of drug-likeness (QED) is 0.525. The standard InChI is InChI=1S/C7H4NO/c1-2-6-4-9-5-7(6)8-3-1/h1-2,4-5H. The number of rotatable bonds is 0. The zero-order valence-corrected chi connectivity index (χ0v) is 4.66. The predicted octanol–water partition coefficient (Wildman–Crippen LogP) is 1.63. The fourth-order valence-corrected chi connectivity index (χ4v) is 0.750. The molecule has 2 heteroatoms. The first-order valence-electron chi connectivity index (χ1n) is 2.66. The first kappa shape index (κ1) is 4.56. The second-order valence-electron chi connectivity index (χ2n) is 1.79. The first-order chi connectivity index (χ1) is 4.47. The molecule has 2 heterocycles. The Kier molecular flexibility index (Phi) is 0.803. The minimum Gasteiger partial charge on any atom is -0.470 e. The van der Waals surface area contributed by atoms with Crippen LogP contribution in [-0.2, 0) is 0 Å². The SMILES string of the molecule is [c]1ccc2cocc2n1. The van der Waals surface area contributed by atoms with Gasteiger partial charge in [-0.05, 0) is 12.1 Å². The van der Waals surface area contributed by atoms with Crippen molar-refractivity contribution in [3.05, 3.63) is 30.9 Å². The van der Waals surface area contributed by atoms with Gasteiger partial charge in [0.15, 0.2) is 0 Å². The van der Waals surface area contributed by atoms with E-state index in [1.54, 1.807) is 18.6 Å². The van der Waals surface area contributed by atoms with Crippen molar-refractivity contribution in [1.82, 2.24) is 4.98 Å². The molecule has 0 N–H and O–H groups in total. The molecule has 2 aromatic rings. The number of aromatic nitrogens is 1. The summed E-state index contributed by atoms with van der Waals surface area (Å²) < 4.78 is 4.88. The Morgan fingerprint density at radius 2 is 2.44 bits per heavy atom. The van der Waals surface area contributed by atoms with Crippen LogP contribution in [0, 0.1) is 6.20 Å². The average Bonchev–Trinajstić information content (AvgIpc) is 2.33. The highest BCUT2D eigenvalue weighted by molar-refractivity contribution is 5.75. The molecule has 0 saturated carbocycles. The van der Waals surface area contributed by atoms with Gasteiger partial charge >= 0.3 is 0 Å². The molecule has 0 aromatic carbocycles. The van der Waals surface area contributed by atoms with Gasteiger partial charge in [0.25, 0.3) is 0 Å². The lowest BCUT2D eigenvalue weighted by molar-refractivity contribution is 0.572. The number of nitrogens with zero attached hydrogens (tertiary/aromatic N) is 1. The number of furan rings is 1. The van der Waals surface area contributed by atoms with Gasteiger partial charge in [0.05, 0.1) is 12.5 Å². The largest absolute Gasteiger partial charge is 0.470 e. The molecule has 0 unspecified atom stereocenters. The van der Waals surface area contributed by atoms with Crippen LogP contribution in [-0.4, -0.2) is 4.98 Å². The molecule has 0 bridgehead atoms. The van der Waals surface area contributed by atoms with Crippen LogP contribution in [0.15, 0.2) is 29.1 Å². The highest BCUT2D eigenvalue weighted by atomic mass is 16.3. The number of fused-ring (bicyclic) bond motifs is 1. The van der Waals surface area contributed by atoms with Crippen molar-refractivity contribution in [3.8, 4) is 0 Å². The van der Waals surface area contributed by atoms with Crippen LogP contribution < -0.4 is 0 Å². The van der Waals surface area contributed by atoms with Gasteiger partial charge in [-0.1, -0.05) is 0 Å². The molecule has 0 fully saturated rings. The normalized spacial score (nSPS) is 10.2. The maximum atomic E-state index is 4.88. The van der Waals surface area contributed by atoms with Crippen LogP contribution in [0.5, 0.6) is 0 Å². The van der Waals surface area contributed by atoms with Gasteiger partial charge in [-0.2, -0.15) is 0 Å². The van der Waals surface area contributed by atoms with E-state index in [9.17, 15) is 0 Å². The molecule has 2 nitrogen and oxygen atoms in total. The Labute approximate surface area is 52.1 Å². The Balaban J connectivity index is 2.95. The van der Waals surface area contributed by atoms with Gasteiger partial charge < -0.3 is 4.42 Å². The van der Waals surface area contributed by atoms with Gasteiger partial charge in [-0.15, -0.1) is 0 Å². The predicted molar refractivity (Wildman–Crippen MR) is 32.8 cm³/mol. The van der Waals surface area contributed by atoms with Gasteiger partial charge in [-0.25, -0.2) is 4.98 Å². The van der Waals surface area contributed by atoms with E-state index in [0.717, 1.165) is 10.9 Å². The molecule has 43 valence electrons. The Morgan fingerprint density at radius 1 is 1.44 bits per heavy atom. The van der Waals surface area contributed by atoms with Gasteiger partial charge in [-0.3, -0.25) is 0 Å². The number of hydrogen-bond acceptors (Lipinski definition) is 2. The molecule has 2 rings (SSSR count). The smallest absolute Gasteiger partial charge is 0.117 e. The second-order valence-corrected chi connectivity index (χ2v) is 1.79. The van der Waals surface area contributed by atoms with Gasteiger partial charge in [0.2, 0.25) is 0 Å². The summed E-state index contributed by atoms with van der Waals surface area (Å²) in [5.41, 5.74) is 0.859. The highest BCUT2D eigenvalue weighted by Gasteiger charge is 1.91. The van der Waals surface area contributed by atoms with Crippen LogP contribution in [0.3, 0.4) is 0 Å². The van der Waals surface area contributed by atoms with Crippen molar-refractivity contribution in [2.45, 2.75) is 0 Å². The summed E-state index contributed by atoms with van der Waals surface area (Å²) in [4.78, 5) is 3.92. The number of hydrogen-bond donors (Lipinski definition) is 0. The molecular weight excluding hydrogens is 114 g/mol. The molecule has 2 aromatic heterocycles. The Bertz CT molecular complexity index is 283. The van der Waals surface area contributed by atoms with Gasteiger partial charge in [0, 0.05) is 5.39 Å². The fraction of sp³-hybridized carbons (Fsp3) is 0. The van der Waals surface area contributed by atoms with Crippen LogP contribution in [0.1, 0.15) is 0 Å². The molecule has 0 aliphatic heterocycles. The molecular formula is C7H4NO. The van der Waals surface area contributed by atoms with Gasteiger partial charge in [0.1, 0.15) is 11.8 Å². The van der Waals surface area contributed by atoms with E-state index in [-0.39, 0.29) is 0 Å². The van der Waals surface area contributed by atoms with Crippen molar-refractivity contribution >= 4 is 10.9 Å². The second kappa shape index (κ2) is 1.58. The van der Waals surface area contributed by atoms with Crippen LogP contribution in [0.25, 0.3) is 10.9 Å². The van der Waals surface area contributed by atoms with E-state index in [4.69, 9.17) is 4.42 Å².